The van der Waals surface area contributed by atoms with Gasteiger partial charge in [0.1, 0.15) is 12.6 Å². The first-order chi connectivity index (χ1) is 15.9. The number of hydrogen-bond acceptors (Lipinski definition) is 6. The van der Waals surface area contributed by atoms with Crippen LogP contribution < -0.4 is 10.6 Å². The number of carbonyl (C=O) groups excluding carboxylic acids is 2. The molecule has 2 unspecified atom stereocenters. The number of ether oxygens (including phenoxy) is 3. The first kappa shape index (κ1) is 22.8. The summed E-state index contributed by atoms with van der Waals surface area (Å²) in [6.07, 6.45) is -0.653. The Balaban J connectivity index is 1.41. The molecule has 33 heavy (non-hydrogen) atoms. The van der Waals surface area contributed by atoms with Crippen LogP contribution in [0.15, 0.2) is 48.5 Å². The van der Waals surface area contributed by atoms with E-state index < -0.39 is 29.6 Å². The molecular weight excluding hydrogens is 428 g/mol. The first-order valence-corrected chi connectivity index (χ1v) is 10.7. The highest BCUT2D eigenvalue weighted by atomic mass is 16.5. The summed E-state index contributed by atoms with van der Waals surface area (Å²) in [6, 6.07) is 14.8. The topological polar surface area (TPSA) is 123 Å². The number of carboxylic acid groups (broad SMARTS) is 1. The van der Waals surface area contributed by atoms with E-state index in [1.165, 1.54) is 7.11 Å². The van der Waals surface area contributed by atoms with E-state index in [0.29, 0.717) is 0 Å². The van der Waals surface area contributed by atoms with Gasteiger partial charge >= 0.3 is 12.1 Å². The summed E-state index contributed by atoms with van der Waals surface area (Å²) in [5, 5.41) is 14.5. The van der Waals surface area contributed by atoms with Gasteiger partial charge in [-0.05, 0) is 22.3 Å². The Morgan fingerprint density at radius 3 is 2.30 bits per heavy atom. The molecular formula is C24H26N2O7. The van der Waals surface area contributed by atoms with Crippen molar-refractivity contribution in [3.05, 3.63) is 59.7 Å². The third-order valence-corrected chi connectivity index (χ3v) is 6.08. The number of benzene rings is 2. The van der Waals surface area contributed by atoms with Gasteiger partial charge in [-0.2, -0.15) is 0 Å². The van der Waals surface area contributed by atoms with Crippen LogP contribution in [0.1, 0.15) is 23.5 Å². The number of carboxylic acids is 1. The molecule has 9 nitrogen and oxygen atoms in total. The van der Waals surface area contributed by atoms with Crippen LogP contribution in [-0.4, -0.2) is 68.2 Å². The van der Waals surface area contributed by atoms with Gasteiger partial charge in [0.2, 0.25) is 5.91 Å². The summed E-state index contributed by atoms with van der Waals surface area (Å²) >= 11 is 0. The molecule has 1 aliphatic carbocycles. The Bertz CT molecular complexity index is 1000. The number of nitrogens with one attached hydrogen (secondary N) is 2. The molecule has 174 valence electrons. The van der Waals surface area contributed by atoms with Gasteiger partial charge in [-0.1, -0.05) is 48.5 Å². The number of aliphatic carboxylic acids is 1. The molecule has 0 bridgehead atoms. The van der Waals surface area contributed by atoms with Crippen molar-refractivity contribution in [3.8, 4) is 11.1 Å². The summed E-state index contributed by atoms with van der Waals surface area (Å²) in [4.78, 5) is 37.0. The molecule has 0 spiro atoms. The van der Waals surface area contributed by atoms with Gasteiger partial charge in [0.15, 0.2) is 5.54 Å². The van der Waals surface area contributed by atoms with Crippen LogP contribution in [-0.2, 0) is 23.8 Å². The van der Waals surface area contributed by atoms with Gasteiger partial charge in [-0.3, -0.25) is 4.79 Å². The smallest absolute Gasteiger partial charge is 0.407 e. The molecule has 3 N–H and O–H groups in total. The Morgan fingerprint density at radius 2 is 1.76 bits per heavy atom. The standard InChI is InChI=1S/C24H26N2O7/c1-31-13-20(21(27)26-24(22(28)29)10-11-32-14-24)25-23(30)33-12-19-17-8-4-2-6-15(17)16-7-3-5-9-18(16)19/h2-9,19-20H,10-14H2,1H3,(H,25,30)(H,26,27)(H,28,29). The normalized spacial score (nSPS) is 19.9. The van der Waals surface area contributed by atoms with Crippen LogP contribution in [0, 0.1) is 0 Å². The monoisotopic (exact) mass is 454 g/mol. The van der Waals surface area contributed by atoms with Crippen molar-refractivity contribution >= 4 is 18.0 Å². The molecule has 2 atom stereocenters. The van der Waals surface area contributed by atoms with E-state index in [0.717, 1.165) is 22.3 Å². The van der Waals surface area contributed by atoms with Crippen molar-refractivity contribution in [3.63, 3.8) is 0 Å². The van der Waals surface area contributed by atoms with Gasteiger partial charge in [0, 0.05) is 26.1 Å². The largest absolute Gasteiger partial charge is 0.479 e. The van der Waals surface area contributed by atoms with E-state index in [4.69, 9.17) is 14.2 Å². The molecule has 2 aromatic carbocycles. The molecule has 2 aliphatic rings. The van der Waals surface area contributed by atoms with Crippen LogP contribution in [0.4, 0.5) is 4.79 Å². The van der Waals surface area contributed by atoms with Crippen LogP contribution in [0.2, 0.25) is 0 Å². The summed E-state index contributed by atoms with van der Waals surface area (Å²) in [5.74, 6) is -1.99. The van der Waals surface area contributed by atoms with E-state index >= 15 is 0 Å². The van der Waals surface area contributed by atoms with Gasteiger partial charge in [-0.25, -0.2) is 9.59 Å². The predicted octanol–water partition coefficient (Wildman–Crippen LogP) is 1.90. The van der Waals surface area contributed by atoms with Crippen molar-refractivity contribution in [2.75, 3.05) is 33.5 Å². The summed E-state index contributed by atoms with van der Waals surface area (Å²) in [7, 11) is 1.38. The average Bonchev–Trinajstić information content (AvgIpc) is 3.41. The van der Waals surface area contributed by atoms with Crippen molar-refractivity contribution in [1.82, 2.24) is 10.6 Å². The summed E-state index contributed by atoms with van der Waals surface area (Å²) in [6.45, 7) is 0.0285. The molecule has 2 aromatic rings. The second-order valence-electron chi connectivity index (χ2n) is 8.16. The fraction of sp³-hybridized carbons (Fsp3) is 0.375. The first-order valence-electron chi connectivity index (χ1n) is 10.7. The zero-order valence-corrected chi connectivity index (χ0v) is 18.2. The second-order valence-corrected chi connectivity index (χ2v) is 8.16. The minimum atomic E-state index is -1.52. The molecule has 2 amide bonds. The predicted molar refractivity (Wildman–Crippen MR) is 118 cm³/mol. The molecule has 1 heterocycles. The highest BCUT2D eigenvalue weighted by Crippen LogP contribution is 2.44. The fourth-order valence-corrected chi connectivity index (χ4v) is 4.34. The van der Waals surface area contributed by atoms with E-state index in [-0.39, 0.29) is 38.8 Å². The molecule has 1 saturated heterocycles. The van der Waals surface area contributed by atoms with Crippen LogP contribution in [0.25, 0.3) is 11.1 Å². The molecule has 4 rings (SSSR count). The van der Waals surface area contributed by atoms with Crippen molar-refractivity contribution in [2.24, 2.45) is 0 Å². The third kappa shape index (κ3) is 4.55. The van der Waals surface area contributed by atoms with Gasteiger partial charge in [0.05, 0.1) is 13.2 Å². The van der Waals surface area contributed by atoms with Crippen molar-refractivity contribution in [1.29, 1.82) is 0 Å². The van der Waals surface area contributed by atoms with Crippen molar-refractivity contribution < 1.29 is 33.7 Å². The number of alkyl carbamates (subject to hydrolysis) is 1. The lowest BCUT2D eigenvalue weighted by Gasteiger charge is -2.27. The minimum Gasteiger partial charge on any atom is -0.479 e. The number of rotatable bonds is 8. The molecule has 0 radical (unpaired) electrons. The Hall–Kier alpha value is -3.43. The molecule has 0 saturated carbocycles. The fourth-order valence-electron chi connectivity index (χ4n) is 4.34. The lowest BCUT2D eigenvalue weighted by molar-refractivity contribution is -0.148. The zero-order chi connectivity index (χ0) is 23.4. The van der Waals surface area contributed by atoms with E-state index in [9.17, 15) is 19.5 Å². The van der Waals surface area contributed by atoms with Crippen LogP contribution in [0.5, 0.6) is 0 Å². The molecule has 1 fully saturated rings. The number of fused-ring (bicyclic) bond motifs is 3. The van der Waals surface area contributed by atoms with Gasteiger partial charge in [0.25, 0.3) is 0 Å². The van der Waals surface area contributed by atoms with Gasteiger partial charge in [-0.15, -0.1) is 0 Å². The lowest BCUT2D eigenvalue weighted by atomic mass is 9.98. The lowest BCUT2D eigenvalue weighted by Crippen LogP contribution is -2.60. The van der Waals surface area contributed by atoms with Crippen LogP contribution in [0.3, 0.4) is 0 Å². The Morgan fingerprint density at radius 1 is 1.12 bits per heavy atom. The molecule has 9 heteroatoms. The number of hydrogen-bond donors (Lipinski definition) is 3. The van der Waals surface area contributed by atoms with Crippen LogP contribution >= 0.6 is 0 Å². The maximum Gasteiger partial charge on any atom is 0.407 e. The number of carbonyl (C=O) groups is 3. The summed E-state index contributed by atoms with van der Waals surface area (Å²) < 4.78 is 15.7. The maximum absolute atomic E-state index is 12.7. The minimum absolute atomic E-state index is 0.0914. The highest BCUT2D eigenvalue weighted by Gasteiger charge is 2.45. The zero-order valence-electron chi connectivity index (χ0n) is 18.2. The SMILES string of the molecule is COCC(NC(=O)OCC1c2ccccc2-c2ccccc21)C(=O)NC1(C(=O)O)CCOC1. The maximum atomic E-state index is 12.7. The van der Waals surface area contributed by atoms with Crippen molar-refractivity contribution in [2.45, 2.75) is 23.9 Å². The highest BCUT2D eigenvalue weighted by molar-refractivity contribution is 5.91. The van der Waals surface area contributed by atoms with E-state index in [1.54, 1.807) is 0 Å². The number of amides is 2. The average molecular weight is 454 g/mol. The third-order valence-electron chi connectivity index (χ3n) is 6.08. The van der Waals surface area contributed by atoms with E-state index in [1.807, 2.05) is 48.5 Å². The van der Waals surface area contributed by atoms with E-state index in [2.05, 4.69) is 10.6 Å². The Labute approximate surface area is 191 Å². The second kappa shape index (κ2) is 9.60. The summed E-state index contributed by atoms with van der Waals surface area (Å²) in [5.41, 5.74) is 2.84. The quantitative estimate of drug-likeness (QED) is 0.557. The van der Waals surface area contributed by atoms with Gasteiger partial charge < -0.3 is 30.0 Å². The molecule has 0 aromatic heterocycles. The number of methoxy groups -OCH3 is 1. The Kier molecular flexibility index (Phi) is 6.62. The molecule has 1 aliphatic heterocycles.